The van der Waals surface area contributed by atoms with E-state index in [9.17, 15) is 19.8 Å². The molecule has 1 unspecified atom stereocenters. The zero-order valence-electron chi connectivity index (χ0n) is 17.2. The molecule has 1 heterocycles. The molecule has 0 saturated heterocycles. The maximum Gasteiger partial charge on any atom is 0.311 e. The molecular formula is C23H23ClFNO4. The number of hydrogen-bond acceptors (Lipinski definition) is 3. The average Bonchev–Trinajstić information content (AvgIpc) is 2.94. The number of fused-ring (bicyclic) bond motifs is 1. The van der Waals surface area contributed by atoms with Crippen LogP contribution in [0.5, 0.6) is 5.75 Å². The molecule has 0 fully saturated rings. The van der Waals surface area contributed by atoms with Gasteiger partial charge >= 0.3 is 5.97 Å². The normalized spacial score (nSPS) is 12.9. The zero-order chi connectivity index (χ0) is 22.4. The lowest BCUT2D eigenvalue weighted by molar-refractivity contribution is -0.139. The van der Waals surface area contributed by atoms with E-state index in [1.807, 2.05) is 20.8 Å². The summed E-state index contributed by atoms with van der Waals surface area (Å²) in [4.78, 5) is 25.5. The first-order chi connectivity index (χ1) is 13.9. The van der Waals surface area contributed by atoms with Crippen LogP contribution in [0.1, 0.15) is 54.7 Å². The summed E-state index contributed by atoms with van der Waals surface area (Å²) in [6, 6.07) is 8.91. The van der Waals surface area contributed by atoms with Crippen molar-refractivity contribution in [3.8, 4) is 5.75 Å². The minimum absolute atomic E-state index is 0.0560. The molecule has 1 atom stereocenters. The van der Waals surface area contributed by atoms with Crippen molar-refractivity contribution in [1.29, 1.82) is 0 Å². The van der Waals surface area contributed by atoms with Crippen molar-refractivity contribution in [2.24, 2.45) is 5.41 Å². The van der Waals surface area contributed by atoms with Crippen molar-refractivity contribution in [1.82, 2.24) is 4.57 Å². The SMILES string of the molecule is Cc1c(C(CC(C)(C)C)C(=O)O)c2c(F)c(O)ccc2n1C(=O)c1cccc(Cl)c1. The van der Waals surface area contributed by atoms with Gasteiger partial charge in [0.2, 0.25) is 0 Å². The van der Waals surface area contributed by atoms with Crippen LogP contribution in [0.25, 0.3) is 10.9 Å². The number of carbonyl (C=O) groups is 2. The summed E-state index contributed by atoms with van der Waals surface area (Å²) >= 11 is 6.02. The van der Waals surface area contributed by atoms with Gasteiger partial charge in [-0.3, -0.25) is 14.2 Å². The Balaban J connectivity index is 2.36. The number of aromatic hydroxyl groups is 1. The number of phenolic OH excluding ortho intramolecular Hbond substituents is 1. The Morgan fingerprint density at radius 3 is 2.43 bits per heavy atom. The number of aromatic nitrogens is 1. The van der Waals surface area contributed by atoms with E-state index in [0.717, 1.165) is 6.07 Å². The smallest absolute Gasteiger partial charge is 0.311 e. The standard InChI is InChI=1S/C23H23ClFNO4/c1-12-18(15(22(29)30)11-23(2,3)4)19-16(8-9-17(27)20(19)25)26(12)21(28)13-6-5-7-14(24)10-13/h5-10,15,27H,11H2,1-4H3,(H,29,30). The van der Waals surface area contributed by atoms with E-state index in [-0.39, 0.29) is 33.9 Å². The zero-order valence-corrected chi connectivity index (χ0v) is 17.9. The van der Waals surface area contributed by atoms with Crippen LogP contribution in [0.15, 0.2) is 36.4 Å². The van der Waals surface area contributed by atoms with Crippen LogP contribution in [0, 0.1) is 18.2 Å². The van der Waals surface area contributed by atoms with Crippen LogP contribution in [0.3, 0.4) is 0 Å². The number of hydrogen-bond donors (Lipinski definition) is 2. The maximum atomic E-state index is 15.1. The van der Waals surface area contributed by atoms with Gasteiger partial charge in [-0.15, -0.1) is 0 Å². The van der Waals surface area contributed by atoms with Gasteiger partial charge in [0, 0.05) is 21.7 Å². The lowest BCUT2D eigenvalue weighted by Crippen LogP contribution is -2.21. The monoisotopic (exact) mass is 431 g/mol. The van der Waals surface area contributed by atoms with Gasteiger partial charge in [-0.25, -0.2) is 4.39 Å². The van der Waals surface area contributed by atoms with E-state index in [0.29, 0.717) is 10.7 Å². The van der Waals surface area contributed by atoms with Crippen molar-refractivity contribution < 1.29 is 24.2 Å². The molecule has 0 aliphatic carbocycles. The van der Waals surface area contributed by atoms with Crippen molar-refractivity contribution in [3.63, 3.8) is 0 Å². The highest BCUT2D eigenvalue weighted by molar-refractivity contribution is 6.31. The van der Waals surface area contributed by atoms with Crippen LogP contribution in [0.2, 0.25) is 5.02 Å². The summed E-state index contributed by atoms with van der Waals surface area (Å²) in [6.07, 6.45) is 0.225. The van der Waals surface area contributed by atoms with Crippen molar-refractivity contribution in [3.05, 3.63) is 64.1 Å². The molecule has 0 radical (unpaired) electrons. The molecule has 0 aliphatic rings. The Morgan fingerprint density at radius 1 is 1.20 bits per heavy atom. The van der Waals surface area contributed by atoms with Gasteiger partial charge in [-0.2, -0.15) is 0 Å². The number of rotatable bonds is 4. The fourth-order valence-corrected chi connectivity index (χ4v) is 4.03. The predicted octanol–water partition coefficient (Wildman–Crippen LogP) is 5.74. The van der Waals surface area contributed by atoms with E-state index in [2.05, 4.69) is 0 Å². The molecule has 0 aliphatic heterocycles. The van der Waals surface area contributed by atoms with E-state index in [1.165, 1.54) is 16.7 Å². The third-order valence-corrected chi connectivity index (χ3v) is 5.31. The number of aliphatic carboxylic acids is 1. The highest BCUT2D eigenvalue weighted by Crippen LogP contribution is 2.41. The quantitative estimate of drug-likeness (QED) is 0.552. The number of benzene rings is 2. The highest BCUT2D eigenvalue weighted by Gasteiger charge is 2.34. The maximum absolute atomic E-state index is 15.1. The Kier molecular flexibility index (Phi) is 5.65. The molecule has 7 heteroatoms. The first-order valence-corrected chi connectivity index (χ1v) is 9.85. The predicted molar refractivity (Wildman–Crippen MR) is 114 cm³/mol. The van der Waals surface area contributed by atoms with Crippen LogP contribution >= 0.6 is 11.6 Å². The summed E-state index contributed by atoms with van der Waals surface area (Å²) in [5.41, 5.74) is 0.620. The van der Waals surface area contributed by atoms with Crippen LogP contribution in [-0.4, -0.2) is 26.7 Å². The van der Waals surface area contributed by atoms with Gasteiger partial charge in [-0.05, 0) is 54.7 Å². The van der Waals surface area contributed by atoms with E-state index in [1.54, 1.807) is 25.1 Å². The molecule has 0 spiro atoms. The fraction of sp³-hybridized carbons (Fsp3) is 0.304. The highest BCUT2D eigenvalue weighted by atomic mass is 35.5. The van der Waals surface area contributed by atoms with E-state index < -0.39 is 29.4 Å². The molecule has 30 heavy (non-hydrogen) atoms. The minimum atomic E-state index is -1.12. The van der Waals surface area contributed by atoms with E-state index >= 15 is 4.39 Å². The van der Waals surface area contributed by atoms with Gasteiger partial charge in [0.1, 0.15) is 0 Å². The van der Waals surface area contributed by atoms with Crippen LogP contribution < -0.4 is 0 Å². The fourth-order valence-electron chi connectivity index (χ4n) is 3.84. The second-order valence-corrected chi connectivity index (χ2v) is 9.03. The van der Waals surface area contributed by atoms with Crippen LogP contribution in [0.4, 0.5) is 4.39 Å². The summed E-state index contributed by atoms with van der Waals surface area (Å²) in [5.74, 6) is -4.18. The Hall–Kier alpha value is -2.86. The van der Waals surface area contributed by atoms with Gasteiger partial charge in [-0.1, -0.05) is 38.4 Å². The summed E-state index contributed by atoms with van der Waals surface area (Å²) in [5, 5.41) is 20.2. The minimum Gasteiger partial charge on any atom is -0.505 e. The number of phenols is 1. The van der Waals surface area contributed by atoms with Gasteiger partial charge in [0.15, 0.2) is 11.6 Å². The van der Waals surface area contributed by atoms with Crippen molar-refractivity contribution in [2.75, 3.05) is 0 Å². The molecule has 2 N–H and O–H groups in total. The number of carboxylic acids is 1. The molecule has 158 valence electrons. The molecule has 3 aromatic rings. The molecule has 2 aromatic carbocycles. The third kappa shape index (κ3) is 3.92. The molecule has 0 bridgehead atoms. The number of halogens is 2. The number of carboxylic acid groups (broad SMARTS) is 1. The summed E-state index contributed by atoms with van der Waals surface area (Å²) in [7, 11) is 0. The number of carbonyl (C=O) groups excluding carboxylic acids is 1. The second kappa shape index (κ2) is 7.76. The summed E-state index contributed by atoms with van der Waals surface area (Å²) < 4.78 is 16.3. The molecule has 0 saturated carbocycles. The lowest BCUT2D eigenvalue weighted by atomic mass is 9.80. The van der Waals surface area contributed by atoms with Gasteiger partial charge in [0.25, 0.3) is 5.91 Å². The second-order valence-electron chi connectivity index (χ2n) is 8.60. The Labute approximate surface area is 178 Å². The molecular weight excluding hydrogens is 409 g/mol. The Morgan fingerprint density at radius 2 is 1.87 bits per heavy atom. The van der Waals surface area contributed by atoms with Gasteiger partial charge < -0.3 is 10.2 Å². The molecule has 5 nitrogen and oxygen atoms in total. The van der Waals surface area contributed by atoms with E-state index in [4.69, 9.17) is 11.6 Å². The van der Waals surface area contributed by atoms with Gasteiger partial charge in [0.05, 0.1) is 11.4 Å². The number of nitrogens with zero attached hydrogens (tertiary/aromatic N) is 1. The lowest BCUT2D eigenvalue weighted by Gasteiger charge is -2.24. The first kappa shape index (κ1) is 21.8. The third-order valence-electron chi connectivity index (χ3n) is 5.07. The molecule has 0 amide bonds. The topological polar surface area (TPSA) is 79.5 Å². The first-order valence-electron chi connectivity index (χ1n) is 9.48. The van der Waals surface area contributed by atoms with Crippen molar-refractivity contribution in [2.45, 2.75) is 40.0 Å². The van der Waals surface area contributed by atoms with Crippen molar-refractivity contribution >= 4 is 34.4 Å². The van der Waals surface area contributed by atoms with Crippen LogP contribution in [-0.2, 0) is 4.79 Å². The molecule has 3 rings (SSSR count). The Bertz CT molecular complexity index is 1160. The largest absolute Gasteiger partial charge is 0.505 e. The summed E-state index contributed by atoms with van der Waals surface area (Å²) in [6.45, 7) is 7.26. The average molecular weight is 432 g/mol. The molecule has 1 aromatic heterocycles.